The molecule has 0 amide bonds. The lowest BCUT2D eigenvalue weighted by Crippen LogP contribution is -2.11. The molecule has 0 radical (unpaired) electrons. The number of hydrogen-bond donors (Lipinski definition) is 2. The number of esters is 1. The summed E-state index contributed by atoms with van der Waals surface area (Å²) in [6.45, 7) is 1.52. The number of carbonyl (C=O) groups is 2. The van der Waals surface area contributed by atoms with Crippen LogP contribution in [0, 0.1) is 6.92 Å². The largest absolute Gasteiger partial charge is 0.478 e. The molecule has 0 aliphatic carbocycles. The van der Waals surface area contributed by atoms with Crippen molar-refractivity contribution in [1.82, 2.24) is 0 Å². The summed E-state index contributed by atoms with van der Waals surface area (Å²) in [5.74, 6) is -1.73. The van der Waals surface area contributed by atoms with E-state index in [0.717, 1.165) is 0 Å². The van der Waals surface area contributed by atoms with E-state index in [2.05, 4.69) is 4.74 Å². The summed E-state index contributed by atoms with van der Waals surface area (Å²) in [6.07, 6.45) is 0. The first-order chi connectivity index (χ1) is 6.99. The molecule has 15 heavy (non-hydrogen) atoms. The summed E-state index contributed by atoms with van der Waals surface area (Å²) < 4.78 is 4.52. The van der Waals surface area contributed by atoms with Crippen molar-refractivity contribution in [3.8, 4) is 0 Å². The van der Waals surface area contributed by atoms with Crippen LogP contribution in [0.2, 0.25) is 0 Å². The molecular formula is C10H11NO4. The SMILES string of the molecule is COC(=O)c1ccc(N)c(C(=O)O)c1C. The smallest absolute Gasteiger partial charge is 0.338 e. The summed E-state index contributed by atoms with van der Waals surface area (Å²) in [5, 5.41) is 8.89. The fourth-order valence-corrected chi connectivity index (χ4v) is 1.35. The lowest BCUT2D eigenvalue weighted by atomic mass is 10.0. The Hall–Kier alpha value is -2.04. The Morgan fingerprint density at radius 3 is 2.47 bits per heavy atom. The molecule has 0 saturated carbocycles. The molecule has 0 atom stereocenters. The maximum Gasteiger partial charge on any atom is 0.338 e. The van der Waals surface area contributed by atoms with Gasteiger partial charge in [-0.15, -0.1) is 0 Å². The average molecular weight is 209 g/mol. The first-order valence-electron chi connectivity index (χ1n) is 4.19. The average Bonchev–Trinajstić information content (AvgIpc) is 2.16. The molecule has 1 aromatic rings. The van der Waals surface area contributed by atoms with Gasteiger partial charge in [0.2, 0.25) is 0 Å². The predicted molar refractivity (Wildman–Crippen MR) is 53.9 cm³/mol. The number of nitrogens with two attached hydrogens (primary N) is 1. The van der Waals surface area contributed by atoms with Crippen LogP contribution in [0.15, 0.2) is 12.1 Å². The van der Waals surface area contributed by atoms with Crippen molar-refractivity contribution in [2.75, 3.05) is 12.8 Å². The van der Waals surface area contributed by atoms with Crippen LogP contribution < -0.4 is 5.73 Å². The van der Waals surface area contributed by atoms with Gasteiger partial charge in [-0.1, -0.05) is 0 Å². The number of benzene rings is 1. The molecular weight excluding hydrogens is 198 g/mol. The second-order valence-corrected chi connectivity index (χ2v) is 3.00. The maximum atomic E-state index is 11.3. The summed E-state index contributed by atoms with van der Waals surface area (Å²) in [4.78, 5) is 22.1. The van der Waals surface area contributed by atoms with Gasteiger partial charge in [-0.25, -0.2) is 9.59 Å². The molecule has 1 rings (SSSR count). The summed E-state index contributed by atoms with van der Waals surface area (Å²) in [7, 11) is 1.23. The van der Waals surface area contributed by atoms with E-state index < -0.39 is 11.9 Å². The van der Waals surface area contributed by atoms with Crippen molar-refractivity contribution < 1.29 is 19.4 Å². The van der Waals surface area contributed by atoms with Crippen LogP contribution in [0.1, 0.15) is 26.3 Å². The minimum atomic E-state index is -1.16. The molecule has 0 spiro atoms. The zero-order chi connectivity index (χ0) is 11.6. The molecule has 0 heterocycles. The molecule has 1 aromatic carbocycles. The van der Waals surface area contributed by atoms with E-state index in [1.807, 2.05) is 0 Å². The van der Waals surface area contributed by atoms with Gasteiger partial charge in [0, 0.05) is 5.69 Å². The number of carbonyl (C=O) groups excluding carboxylic acids is 1. The van der Waals surface area contributed by atoms with Crippen LogP contribution in [0.25, 0.3) is 0 Å². The number of ether oxygens (including phenoxy) is 1. The summed E-state index contributed by atoms with van der Waals surface area (Å²) in [5.41, 5.74) is 6.10. The van der Waals surface area contributed by atoms with E-state index in [9.17, 15) is 9.59 Å². The number of hydrogen-bond acceptors (Lipinski definition) is 4. The van der Waals surface area contributed by atoms with Crippen molar-refractivity contribution >= 4 is 17.6 Å². The molecule has 80 valence electrons. The van der Waals surface area contributed by atoms with E-state index in [4.69, 9.17) is 10.8 Å². The minimum Gasteiger partial charge on any atom is -0.478 e. The van der Waals surface area contributed by atoms with Gasteiger partial charge in [-0.3, -0.25) is 0 Å². The highest BCUT2D eigenvalue weighted by Gasteiger charge is 2.18. The van der Waals surface area contributed by atoms with Crippen LogP contribution in [-0.2, 0) is 4.74 Å². The first kappa shape index (κ1) is 11.0. The molecule has 0 saturated heterocycles. The fourth-order valence-electron chi connectivity index (χ4n) is 1.35. The van der Waals surface area contributed by atoms with Gasteiger partial charge in [0.05, 0.1) is 18.2 Å². The molecule has 0 aromatic heterocycles. The standard InChI is InChI=1S/C10H11NO4/c1-5-6(10(14)15-2)3-4-7(11)8(5)9(12)13/h3-4H,11H2,1-2H3,(H,12,13). The topological polar surface area (TPSA) is 89.6 Å². The van der Waals surface area contributed by atoms with Gasteiger partial charge in [-0.2, -0.15) is 0 Å². The van der Waals surface area contributed by atoms with Gasteiger partial charge in [0.15, 0.2) is 0 Å². The molecule has 0 unspecified atom stereocenters. The van der Waals surface area contributed by atoms with Crippen molar-refractivity contribution in [3.63, 3.8) is 0 Å². The van der Waals surface area contributed by atoms with Crippen LogP contribution in [-0.4, -0.2) is 24.2 Å². The molecule has 0 fully saturated rings. The van der Waals surface area contributed by atoms with Gasteiger partial charge in [0.25, 0.3) is 0 Å². The monoisotopic (exact) mass is 209 g/mol. The Morgan fingerprint density at radius 1 is 1.40 bits per heavy atom. The van der Waals surface area contributed by atoms with Gasteiger partial charge in [-0.05, 0) is 24.6 Å². The first-order valence-corrected chi connectivity index (χ1v) is 4.19. The predicted octanol–water partition coefficient (Wildman–Crippen LogP) is 1.06. The number of carboxylic acids is 1. The zero-order valence-electron chi connectivity index (χ0n) is 8.40. The van der Waals surface area contributed by atoms with Crippen molar-refractivity contribution in [2.45, 2.75) is 6.92 Å². The highest BCUT2D eigenvalue weighted by atomic mass is 16.5. The van der Waals surface area contributed by atoms with E-state index in [-0.39, 0.29) is 16.8 Å². The second-order valence-electron chi connectivity index (χ2n) is 3.00. The van der Waals surface area contributed by atoms with E-state index in [1.54, 1.807) is 0 Å². The van der Waals surface area contributed by atoms with Gasteiger partial charge in [0.1, 0.15) is 0 Å². The molecule has 5 heteroatoms. The van der Waals surface area contributed by atoms with Crippen LogP contribution in [0.3, 0.4) is 0 Å². The fraction of sp³-hybridized carbons (Fsp3) is 0.200. The highest BCUT2D eigenvalue weighted by Crippen LogP contribution is 2.21. The van der Waals surface area contributed by atoms with Crippen molar-refractivity contribution in [3.05, 3.63) is 28.8 Å². The molecule has 3 N–H and O–H groups in total. The molecule has 0 aliphatic rings. The van der Waals surface area contributed by atoms with Crippen molar-refractivity contribution in [1.29, 1.82) is 0 Å². The Balaban J connectivity index is 3.41. The van der Waals surface area contributed by atoms with Crippen LogP contribution in [0.5, 0.6) is 0 Å². The molecule has 0 bridgehead atoms. The lowest BCUT2D eigenvalue weighted by Gasteiger charge is -2.09. The Kier molecular flexibility index (Phi) is 2.94. The summed E-state index contributed by atoms with van der Waals surface area (Å²) >= 11 is 0. The number of rotatable bonds is 2. The van der Waals surface area contributed by atoms with E-state index >= 15 is 0 Å². The van der Waals surface area contributed by atoms with Gasteiger partial charge >= 0.3 is 11.9 Å². The van der Waals surface area contributed by atoms with Gasteiger partial charge < -0.3 is 15.6 Å². The molecule has 0 aliphatic heterocycles. The van der Waals surface area contributed by atoms with Crippen LogP contribution in [0.4, 0.5) is 5.69 Å². The Morgan fingerprint density at radius 2 is 2.00 bits per heavy atom. The lowest BCUT2D eigenvalue weighted by molar-refractivity contribution is 0.0600. The number of aromatic carboxylic acids is 1. The highest BCUT2D eigenvalue weighted by molar-refractivity contribution is 6.00. The number of carboxylic acid groups (broad SMARTS) is 1. The third kappa shape index (κ3) is 1.90. The third-order valence-corrected chi connectivity index (χ3v) is 2.12. The van der Waals surface area contributed by atoms with Crippen molar-refractivity contribution in [2.24, 2.45) is 0 Å². The normalized spacial score (nSPS) is 9.73. The number of nitrogen functional groups attached to an aromatic ring is 1. The Labute approximate surface area is 86.5 Å². The third-order valence-electron chi connectivity index (χ3n) is 2.12. The van der Waals surface area contributed by atoms with E-state index in [1.165, 1.54) is 26.2 Å². The minimum absolute atomic E-state index is 0.0575. The quantitative estimate of drug-likeness (QED) is 0.561. The number of anilines is 1. The second kappa shape index (κ2) is 4.00. The Bertz CT molecular complexity index is 426. The number of methoxy groups -OCH3 is 1. The summed E-state index contributed by atoms with van der Waals surface area (Å²) in [6, 6.07) is 2.83. The van der Waals surface area contributed by atoms with Crippen LogP contribution >= 0.6 is 0 Å². The van der Waals surface area contributed by atoms with E-state index in [0.29, 0.717) is 5.56 Å². The zero-order valence-corrected chi connectivity index (χ0v) is 8.40. The molecule has 5 nitrogen and oxygen atoms in total. The maximum absolute atomic E-state index is 11.3.